The van der Waals surface area contributed by atoms with Gasteiger partial charge in [-0.15, -0.1) is 12.4 Å². The van der Waals surface area contributed by atoms with Crippen LogP contribution in [0.2, 0.25) is 0 Å². The van der Waals surface area contributed by atoms with Crippen LogP contribution in [-0.4, -0.2) is 4.98 Å². The molecule has 0 bridgehead atoms. The normalized spacial score (nSPS) is 9.40. The Hall–Kier alpha value is -0.860. The summed E-state index contributed by atoms with van der Waals surface area (Å²) in [4.78, 5) is 4.10. The van der Waals surface area contributed by atoms with Crippen molar-refractivity contribution < 1.29 is 0 Å². The lowest BCUT2D eigenvalue weighted by Crippen LogP contribution is -1.89. The van der Waals surface area contributed by atoms with Crippen LogP contribution in [-0.2, 0) is 6.42 Å². The monoisotopic (exact) mass is 283 g/mol. The summed E-state index contributed by atoms with van der Waals surface area (Å²) in [6.45, 7) is 0. The summed E-state index contributed by atoms with van der Waals surface area (Å²) in [5.74, 6) is 0. The first kappa shape index (κ1) is 12.2. The van der Waals surface area contributed by atoms with E-state index >= 15 is 0 Å². The van der Waals surface area contributed by atoms with Gasteiger partial charge in [-0.05, 0) is 23.3 Å². The zero-order valence-corrected chi connectivity index (χ0v) is 10.5. The number of nitrogens with zero attached hydrogens (tertiary/aromatic N) is 1. The van der Waals surface area contributed by atoms with Crippen molar-refractivity contribution in [1.29, 1.82) is 0 Å². The van der Waals surface area contributed by atoms with Gasteiger partial charge in [-0.2, -0.15) is 0 Å². The molecule has 0 aliphatic carbocycles. The summed E-state index contributed by atoms with van der Waals surface area (Å²) in [5, 5.41) is 0. The van der Waals surface area contributed by atoms with E-state index in [1.54, 1.807) is 6.20 Å². The minimum absolute atomic E-state index is 0. The standard InChI is InChI=1S/C12H10BrN.ClH/c13-12-6-2-1-5-11(12)8-10-4-3-7-14-9-10;/h1-7,9H,8H2;1H. The number of pyridine rings is 1. The number of aromatic nitrogens is 1. The maximum absolute atomic E-state index is 4.10. The van der Waals surface area contributed by atoms with Crippen LogP contribution in [0.4, 0.5) is 0 Å². The SMILES string of the molecule is Brc1ccccc1Cc1cccnc1.Cl. The molecule has 78 valence electrons. The maximum atomic E-state index is 4.10. The number of rotatable bonds is 2. The van der Waals surface area contributed by atoms with Gasteiger partial charge in [0.05, 0.1) is 0 Å². The Labute approximate surface area is 104 Å². The Kier molecular flexibility index (Phi) is 4.79. The second-order valence-electron chi connectivity index (χ2n) is 3.13. The predicted octanol–water partition coefficient (Wildman–Crippen LogP) is 3.86. The predicted molar refractivity (Wildman–Crippen MR) is 68.4 cm³/mol. The van der Waals surface area contributed by atoms with E-state index in [0.717, 1.165) is 10.9 Å². The average molecular weight is 285 g/mol. The molecule has 1 heterocycles. The second kappa shape index (κ2) is 5.89. The Morgan fingerprint density at radius 1 is 1.07 bits per heavy atom. The van der Waals surface area contributed by atoms with Gasteiger partial charge in [-0.3, -0.25) is 4.98 Å². The Bertz CT molecular complexity index is 417. The average Bonchev–Trinajstić information content (AvgIpc) is 2.23. The third kappa shape index (κ3) is 3.33. The Morgan fingerprint density at radius 3 is 2.53 bits per heavy atom. The highest BCUT2D eigenvalue weighted by Gasteiger charge is 1.99. The van der Waals surface area contributed by atoms with Crippen molar-refractivity contribution >= 4 is 28.3 Å². The highest BCUT2D eigenvalue weighted by Crippen LogP contribution is 2.18. The van der Waals surface area contributed by atoms with Gasteiger partial charge in [0.2, 0.25) is 0 Å². The minimum Gasteiger partial charge on any atom is -0.264 e. The smallest absolute Gasteiger partial charge is 0.0303 e. The van der Waals surface area contributed by atoms with Crippen molar-refractivity contribution in [2.75, 3.05) is 0 Å². The highest BCUT2D eigenvalue weighted by atomic mass is 79.9. The Balaban J connectivity index is 0.00000112. The van der Waals surface area contributed by atoms with Gasteiger partial charge >= 0.3 is 0 Å². The topological polar surface area (TPSA) is 12.9 Å². The third-order valence-electron chi connectivity index (χ3n) is 2.08. The molecule has 0 aliphatic rings. The van der Waals surface area contributed by atoms with Gasteiger partial charge in [-0.1, -0.05) is 40.2 Å². The molecular formula is C12H11BrClN. The molecule has 2 aromatic rings. The zero-order chi connectivity index (χ0) is 9.80. The first-order valence-electron chi connectivity index (χ1n) is 4.48. The molecule has 1 aromatic carbocycles. The lowest BCUT2D eigenvalue weighted by Gasteiger charge is -2.03. The van der Waals surface area contributed by atoms with E-state index in [4.69, 9.17) is 0 Å². The third-order valence-corrected chi connectivity index (χ3v) is 2.85. The molecule has 15 heavy (non-hydrogen) atoms. The summed E-state index contributed by atoms with van der Waals surface area (Å²) >= 11 is 3.53. The molecule has 0 unspecified atom stereocenters. The highest BCUT2D eigenvalue weighted by molar-refractivity contribution is 9.10. The number of halogens is 2. The largest absolute Gasteiger partial charge is 0.264 e. The molecular weight excluding hydrogens is 273 g/mol. The first-order valence-corrected chi connectivity index (χ1v) is 5.28. The Morgan fingerprint density at radius 2 is 1.87 bits per heavy atom. The molecule has 1 nitrogen and oxygen atoms in total. The van der Waals surface area contributed by atoms with Crippen molar-refractivity contribution in [2.24, 2.45) is 0 Å². The van der Waals surface area contributed by atoms with Crippen LogP contribution in [0.3, 0.4) is 0 Å². The minimum atomic E-state index is 0. The molecule has 2 rings (SSSR count). The van der Waals surface area contributed by atoms with Crippen LogP contribution in [0, 0.1) is 0 Å². The van der Waals surface area contributed by atoms with E-state index in [0.29, 0.717) is 0 Å². The van der Waals surface area contributed by atoms with Crippen molar-refractivity contribution in [3.63, 3.8) is 0 Å². The van der Waals surface area contributed by atoms with Crippen LogP contribution in [0.5, 0.6) is 0 Å². The maximum Gasteiger partial charge on any atom is 0.0303 e. The van der Waals surface area contributed by atoms with Crippen LogP contribution >= 0.6 is 28.3 Å². The first-order chi connectivity index (χ1) is 6.86. The lowest BCUT2D eigenvalue weighted by molar-refractivity contribution is 1.14. The molecule has 0 spiro atoms. The summed E-state index contributed by atoms with van der Waals surface area (Å²) in [7, 11) is 0. The van der Waals surface area contributed by atoms with E-state index in [9.17, 15) is 0 Å². The van der Waals surface area contributed by atoms with E-state index < -0.39 is 0 Å². The fourth-order valence-electron chi connectivity index (χ4n) is 1.36. The van der Waals surface area contributed by atoms with Crippen molar-refractivity contribution in [1.82, 2.24) is 4.98 Å². The van der Waals surface area contributed by atoms with Crippen molar-refractivity contribution in [2.45, 2.75) is 6.42 Å². The lowest BCUT2D eigenvalue weighted by atomic mass is 10.1. The van der Waals surface area contributed by atoms with Gasteiger partial charge in [0.1, 0.15) is 0 Å². The molecule has 0 radical (unpaired) electrons. The van der Waals surface area contributed by atoms with Gasteiger partial charge in [-0.25, -0.2) is 0 Å². The molecule has 0 N–H and O–H groups in total. The van der Waals surface area contributed by atoms with E-state index in [2.05, 4.69) is 45.2 Å². The number of hydrogen-bond donors (Lipinski definition) is 0. The second-order valence-corrected chi connectivity index (χ2v) is 3.98. The van der Waals surface area contributed by atoms with Crippen LogP contribution < -0.4 is 0 Å². The van der Waals surface area contributed by atoms with Crippen LogP contribution in [0.25, 0.3) is 0 Å². The van der Waals surface area contributed by atoms with Crippen LogP contribution in [0.15, 0.2) is 53.3 Å². The molecule has 1 aromatic heterocycles. The summed E-state index contributed by atoms with van der Waals surface area (Å²) in [6.07, 6.45) is 4.62. The van der Waals surface area contributed by atoms with Gasteiger partial charge < -0.3 is 0 Å². The van der Waals surface area contributed by atoms with Gasteiger partial charge in [0.25, 0.3) is 0 Å². The summed E-state index contributed by atoms with van der Waals surface area (Å²) < 4.78 is 1.16. The molecule has 0 saturated heterocycles. The molecule has 0 amide bonds. The molecule has 0 aliphatic heterocycles. The fourth-order valence-corrected chi connectivity index (χ4v) is 1.79. The molecule has 0 saturated carbocycles. The summed E-state index contributed by atoms with van der Waals surface area (Å²) in [6, 6.07) is 12.3. The summed E-state index contributed by atoms with van der Waals surface area (Å²) in [5.41, 5.74) is 2.53. The molecule has 3 heteroatoms. The van der Waals surface area contributed by atoms with Gasteiger partial charge in [0.15, 0.2) is 0 Å². The van der Waals surface area contributed by atoms with Crippen molar-refractivity contribution in [3.05, 3.63) is 64.4 Å². The molecule has 0 fully saturated rings. The number of benzene rings is 1. The van der Waals surface area contributed by atoms with E-state index in [1.807, 2.05) is 18.3 Å². The quantitative estimate of drug-likeness (QED) is 0.816. The molecule has 0 atom stereocenters. The van der Waals surface area contributed by atoms with Crippen molar-refractivity contribution in [3.8, 4) is 0 Å². The zero-order valence-electron chi connectivity index (χ0n) is 8.06. The number of hydrogen-bond acceptors (Lipinski definition) is 1. The van der Waals surface area contributed by atoms with Crippen LogP contribution in [0.1, 0.15) is 11.1 Å². The van der Waals surface area contributed by atoms with E-state index in [-0.39, 0.29) is 12.4 Å². The van der Waals surface area contributed by atoms with E-state index in [1.165, 1.54) is 11.1 Å². The fraction of sp³-hybridized carbons (Fsp3) is 0.0833. The van der Waals surface area contributed by atoms with Gasteiger partial charge in [0, 0.05) is 23.3 Å².